The minimum atomic E-state index is -0.735. The fourth-order valence-electron chi connectivity index (χ4n) is 1.59. The molecule has 0 bridgehead atoms. The average molecular weight is 274 g/mol. The van der Waals surface area contributed by atoms with E-state index < -0.39 is 5.97 Å². The topological polar surface area (TPSA) is 132 Å². The summed E-state index contributed by atoms with van der Waals surface area (Å²) in [6.45, 7) is 3.42. The van der Waals surface area contributed by atoms with Crippen LogP contribution in [-0.4, -0.2) is 27.2 Å². The molecule has 104 valence electrons. The number of carbonyl (C=O) groups is 1. The van der Waals surface area contributed by atoms with Crippen LogP contribution >= 0.6 is 0 Å². The number of rotatable bonds is 3. The van der Waals surface area contributed by atoms with Gasteiger partial charge in [0, 0.05) is 11.3 Å². The van der Waals surface area contributed by atoms with E-state index in [9.17, 15) is 4.79 Å². The van der Waals surface area contributed by atoms with E-state index in [1.165, 1.54) is 0 Å². The van der Waals surface area contributed by atoms with Crippen LogP contribution in [0.5, 0.6) is 0 Å². The number of carbonyl (C=O) groups excluding carboxylic acids is 1. The van der Waals surface area contributed by atoms with Crippen molar-refractivity contribution in [3.05, 3.63) is 40.7 Å². The van der Waals surface area contributed by atoms with E-state index in [4.69, 9.17) is 16.3 Å². The third kappa shape index (κ3) is 2.58. The number of benzene rings is 1. The van der Waals surface area contributed by atoms with Crippen molar-refractivity contribution in [2.24, 2.45) is 10.9 Å². The molecule has 1 heterocycles. The first kappa shape index (κ1) is 13.5. The lowest BCUT2D eigenvalue weighted by Crippen LogP contribution is -2.17. The molecular formula is C12H14N6O2. The molecule has 0 saturated heterocycles. The summed E-state index contributed by atoms with van der Waals surface area (Å²) in [6, 6.07) is 5.22. The van der Waals surface area contributed by atoms with Gasteiger partial charge in [0.05, 0.1) is 5.69 Å². The Hall–Kier alpha value is -2.90. The number of H-pyrrole nitrogens is 1. The molecule has 0 amide bonds. The standard InChI is InChI=1S/C12H14N6O2/c1-6-8(4-3-5-9(6)13)11(14)17-20-12(19)10-7(2)15-18-16-10/h3-5H,13H2,1-2H3,(H2,14,17)(H,15,16,18). The Morgan fingerprint density at radius 2 is 2.10 bits per heavy atom. The molecule has 0 fully saturated rings. The molecule has 2 rings (SSSR count). The molecule has 0 saturated carbocycles. The zero-order valence-electron chi connectivity index (χ0n) is 11.0. The van der Waals surface area contributed by atoms with E-state index in [-0.39, 0.29) is 11.5 Å². The number of hydrogen-bond donors (Lipinski definition) is 3. The lowest BCUT2D eigenvalue weighted by molar-refractivity contribution is 0.0508. The molecule has 0 aliphatic carbocycles. The smallest absolute Gasteiger partial charge is 0.387 e. The number of hydrogen-bond acceptors (Lipinski definition) is 6. The highest BCUT2D eigenvalue weighted by molar-refractivity contribution is 6.00. The van der Waals surface area contributed by atoms with Gasteiger partial charge in [-0.15, -0.1) is 5.10 Å². The number of anilines is 1. The van der Waals surface area contributed by atoms with Crippen molar-refractivity contribution in [1.29, 1.82) is 0 Å². The van der Waals surface area contributed by atoms with Crippen molar-refractivity contribution in [3.63, 3.8) is 0 Å². The summed E-state index contributed by atoms with van der Waals surface area (Å²) in [7, 11) is 0. The minimum absolute atomic E-state index is 0.0595. The largest absolute Gasteiger partial charge is 0.398 e. The highest BCUT2D eigenvalue weighted by atomic mass is 16.7. The predicted octanol–water partition coefficient (Wildman–Crippen LogP) is 0.481. The Bertz CT molecular complexity index is 676. The van der Waals surface area contributed by atoms with Gasteiger partial charge in [-0.2, -0.15) is 10.3 Å². The molecule has 0 unspecified atom stereocenters. The Morgan fingerprint density at radius 1 is 1.35 bits per heavy atom. The zero-order valence-corrected chi connectivity index (χ0v) is 11.0. The van der Waals surface area contributed by atoms with Gasteiger partial charge in [-0.25, -0.2) is 4.79 Å². The van der Waals surface area contributed by atoms with Crippen LogP contribution in [0.1, 0.15) is 27.3 Å². The van der Waals surface area contributed by atoms with Gasteiger partial charge in [0.25, 0.3) is 0 Å². The molecule has 0 aliphatic rings. The number of aromatic nitrogens is 3. The summed E-state index contributed by atoms with van der Waals surface area (Å²) in [4.78, 5) is 16.4. The molecule has 20 heavy (non-hydrogen) atoms. The maximum Gasteiger partial charge on any atom is 0.387 e. The normalized spacial score (nSPS) is 11.4. The van der Waals surface area contributed by atoms with Crippen molar-refractivity contribution >= 4 is 17.5 Å². The third-order valence-corrected chi connectivity index (χ3v) is 2.79. The van der Waals surface area contributed by atoms with Crippen LogP contribution in [0.3, 0.4) is 0 Å². The summed E-state index contributed by atoms with van der Waals surface area (Å²) in [5, 5.41) is 13.3. The van der Waals surface area contributed by atoms with E-state index in [1.54, 1.807) is 32.0 Å². The fraction of sp³-hybridized carbons (Fsp3) is 0.167. The number of nitrogen functional groups attached to an aromatic ring is 1. The van der Waals surface area contributed by atoms with Crippen molar-refractivity contribution in [2.45, 2.75) is 13.8 Å². The van der Waals surface area contributed by atoms with Crippen LogP contribution in [0.25, 0.3) is 0 Å². The summed E-state index contributed by atoms with van der Waals surface area (Å²) < 4.78 is 0. The predicted molar refractivity (Wildman–Crippen MR) is 72.9 cm³/mol. The molecular weight excluding hydrogens is 260 g/mol. The van der Waals surface area contributed by atoms with Crippen molar-refractivity contribution in [2.75, 3.05) is 5.73 Å². The van der Waals surface area contributed by atoms with Crippen molar-refractivity contribution in [3.8, 4) is 0 Å². The third-order valence-electron chi connectivity index (χ3n) is 2.79. The number of amidine groups is 1. The van der Waals surface area contributed by atoms with Gasteiger partial charge in [-0.05, 0) is 25.5 Å². The van der Waals surface area contributed by atoms with Crippen LogP contribution in [0.4, 0.5) is 5.69 Å². The minimum Gasteiger partial charge on any atom is -0.398 e. The van der Waals surface area contributed by atoms with Gasteiger partial charge >= 0.3 is 5.97 Å². The molecule has 1 aromatic carbocycles. The lowest BCUT2D eigenvalue weighted by atomic mass is 10.1. The summed E-state index contributed by atoms with van der Waals surface area (Å²) in [5.74, 6) is -0.676. The molecule has 5 N–H and O–H groups in total. The van der Waals surface area contributed by atoms with Crippen molar-refractivity contribution in [1.82, 2.24) is 15.4 Å². The Balaban J connectivity index is 2.18. The van der Waals surface area contributed by atoms with Crippen LogP contribution in [0.15, 0.2) is 23.4 Å². The second kappa shape index (κ2) is 5.39. The summed E-state index contributed by atoms with van der Waals surface area (Å²) in [5.41, 5.74) is 14.0. The van der Waals surface area contributed by atoms with E-state index in [0.717, 1.165) is 5.56 Å². The first-order valence-corrected chi connectivity index (χ1v) is 5.78. The van der Waals surface area contributed by atoms with Gasteiger partial charge in [0.1, 0.15) is 0 Å². The molecule has 8 nitrogen and oxygen atoms in total. The fourth-order valence-corrected chi connectivity index (χ4v) is 1.59. The summed E-state index contributed by atoms with van der Waals surface area (Å²) >= 11 is 0. The number of aromatic amines is 1. The lowest BCUT2D eigenvalue weighted by Gasteiger charge is -2.06. The zero-order chi connectivity index (χ0) is 14.7. The monoisotopic (exact) mass is 274 g/mol. The van der Waals surface area contributed by atoms with Gasteiger partial charge in [-0.3, -0.25) is 0 Å². The number of oxime groups is 1. The molecule has 8 heteroatoms. The molecule has 0 aliphatic heterocycles. The van der Waals surface area contributed by atoms with E-state index in [0.29, 0.717) is 16.9 Å². The Labute approximate surface area is 114 Å². The van der Waals surface area contributed by atoms with E-state index in [2.05, 4.69) is 20.6 Å². The van der Waals surface area contributed by atoms with Gasteiger partial charge in [0.2, 0.25) is 0 Å². The van der Waals surface area contributed by atoms with Gasteiger partial charge in [-0.1, -0.05) is 17.3 Å². The number of nitrogens with zero attached hydrogens (tertiary/aromatic N) is 3. The maximum atomic E-state index is 11.7. The number of aryl methyl sites for hydroxylation is 1. The first-order chi connectivity index (χ1) is 9.50. The van der Waals surface area contributed by atoms with Crippen LogP contribution in [0.2, 0.25) is 0 Å². The number of nitrogens with two attached hydrogens (primary N) is 2. The molecule has 0 radical (unpaired) electrons. The second-order valence-corrected chi connectivity index (χ2v) is 4.13. The Kier molecular flexibility index (Phi) is 3.65. The maximum absolute atomic E-state index is 11.7. The highest BCUT2D eigenvalue weighted by Gasteiger charge is 2.15. The molecule has 0 spiro atoms. The van der Waals surface area contributed by atoms with Crippen LogP contribution < -0.4 is 11.5 Å². The molecule has 2 aromatic rings. The summed E-state index contributed by atoms with van der Waals surface area (Å²) in [6.07, 6.45) is 0. The SMILES string of the molecule is Cc1n[nH]nc1C(=O)O/N=C(\N)c1cccc(N)c1C. The van der Waals surface area contributed by atoms with E-state index >= 15 is 0 Å². The highest BCUT2D eigenvalue weighted by Crippen LogP contribution is 2.15. The van der Waals surface area contributed by atoms with E-state index in [1.807, 2.05) is 0 Å². The van der Waals surface area contributed by atoms with Crippen LogP contribution in [-0.2, 0) is 4.84 Å². The second-order valence-electron chi connectivity index (χ2n) is 4.13. The Morgan fingerprint density at radius 3 is 2.75 bits per heavy atom. The van der Waals surface area contributed by atoms with Gasteiger partial charge < -0.3 is 16.3 Å². The van der Waals surface area contributed by atoms with Gasteiger partial charge in [0.15, 0.2) is 11.5 Å². The first-order valence-electron chi connectivity index (χ1n) is 5.78. The van der Waals surface area contributed by atoms with Crippen molar-refractivity contribution < 1.29 is 9.63 Å². The molecule has 0 atom stereocenters. The average Bonchev–Trinajstić information content (AvgIpc) is 2.85. The quantitative estimate of drug-likeness (QED) is 0.245. The number of nitrogens with one attached hydrogen (secondary N) is 1. The molecule has 1 aromatic heterocycles. The van der Waals surface area contributed by atoms with Crippen LogP contribution in [0, 0.1) is 13.8 Å².